The summed E-state index contributed by atoms with van der Waals surface area (Å²) in [6.45, 7) is 2.23. The lowest BCUT2D eigenvalue weighted by atomic mass is 10.1. The lowest BCUT2D eigenvalue weighted by molar-refractivity contribution is 0.795. The first-order valence-corrected chi connectivity index (χ1v) is 7.50. The fourth-order valence-corrected chi connectivity index (χ4v) is 2.15. The van der Waals surface area contributed by atoms with E-state index in [0.717, 1.165) is 18.4 Å². The molecule has 2 rings (SSSR count). The van der Waals surface area contributed by atoms with E-state index in [1.807, 2.05) is 0 Å². The molecule has 0 radical (unpaired) electrons. The number of hydrogen-bond acceptors (Lipinski definition) is 0. The van der Waals surface area contributed by atoms with E-state index < -0.39 is 0 Å². The van der Waals surface area contributed by atoms with Gasteiger partial charge in [-0.25, -0.2) is 0 Å². The molecule has 0 heterocycles. The van der Waals surface area contributed by atoms with Crippen LogP contribution in [-0.2, 0) is 12.8 Å². The number of unbranched alkanes of at least 4 members (excludes halogenated alkanes) is 1. The Hall–Kier alpha value is -2.00. The van der Waals surface area contributed by atoms with Gasteiger partial charge in [-0.05, 0) is 42.5 Å². The van der Waals surface area contributed by atoms with Gasteiger partial charge in [-0.3, -0.25) is 0 Å². The van der Waals surface area contributed by atoms with Gasteiger partial charge in [0.15, 0.2) is 0 Å². The summed E-state index contributed by atoms with van der Waals surface area (Å²) in [5.74, 6) is 6.51. The highest BCUT2D eigenvalue weighted by atomic mass is 14.0. The van der Waals surface area contributed by atoms with Gasteiger partial charge >= 0.3 is 0 Å². The van der Waals surface area contributed by atoms with Crippen LogP contribution in [0.2, 0.25) is 0 Å². The minimum absolute atomic E-state index is 0.918. The molecular formula is C20H22. The van der Waals surface area contributed by atoms with Gasteiger partial charge in [-0.15, -0.1) is 0 Å². The molecule has 0 amide bonds. The van der Waals surface area contributed by atoms with Crippen molar-refractivity contribution in [3.05, 3.63) is 71.3 Å². The molecule has 0 saturated heterocycles. The first-order chi connectivity index (χ1) is 9.88. The summed E-state index contributed by atoms with van der Waals surface area (Å²) in [4.78, 5) is 0. The average Bonchev–Trinajstić information content (AvgIpc) is 2.52. The van der Waals surface area contributed by atoms with Crippen LogP contribution in [0.15, 0.2) is 54.6 Å². The van der Waals surface area contributed by atoms with E-state index in [2.05, 4.69) is 73.4 Å². The summed E-state index contributed by atoms with van der Waals surface area (Å²) in [7, 11) is 0. The smallest absolute Gasteiger partial charge is 0.0245 e. The summed E-state index contributed by atoms with van der Waals surface area (Å²) >= 11 is 0. The zero-order valence-corrected chi connectivity index (χ0v) is 12.2. The second-order valence-electron chi connectivity index (χ2n) is 5.09. The molecular weight excluding hydrogens is 240 g/mol. The van der Waals surface area contributed by atoms with Gasteiger partial charge in [0.05, 0.1) is 0 Å². The van der Waals surface area contributed by atoms with Crippen molar-refractivity contribution in [2.24, 2.45) is 0 Å². The lowest BCUT2D eigenvalue weighted by Crippen LogP contribution is -1.85. The van der Waals surface area contributed by atoms with Crippen LogP contribution < -0.4 is 0 Å². The summed E-state index contributed by atoms with van der Waals surface area (Å²) in [5, 5.41) is 0. The predicted molar refractivity (Wildman–Crippen MR) is 86.7 cm³/mol. The van der Waals surface area contributed by atoms with Gasteiger partial charge in [0.1, 0.15) is 0 Å². The van der Waals surface area contributed by atoms with E-state index in [0.29, 0.717) is 0 Å². The molecule has 0 aliphatic carbocycles. The zero-order valence-electron chi connectivity index (χ0n) is 12.2. The maximum absolute atomic E-state index is 3.26. The molecule has 0 heteroatoms. The van der Waals surface area contributed by atoms with Gasteiger partial charge in [0.2, 0.25) is 0 Å². The van der Waals surface area contributed by atoms with Crippen LogP contribution in [0.5, 0.6) is 0 Å². The topological polar surface area (TPSA) is 0 Å². The van der Waals surface area contributed by atoms with Gasteiger partial charge in [0.25, 0.3) is 0 Å². The Morgan fingerprint density at radius 3 is 2.20 bits per heavy atom. The third-order valence-electron chi connectivity index (χ3n) is 3.39. The molecule has 20 heavy (non-hydrogen) atoms. The molecule has 0 aliphatic rings. The predicted octanol–water partition coefficient (Wildman–Crippen LogP) is 5.01. The standard InChI is InChI=1S/C20H22/c1-2-3-9-19-14-16-20(17-15-19)13-8-7-12-18-10-5-4-6-11-18/h4-6,10-11,14-17H,2-3,7,9,12H2,1H3. The highest BCUT2D eigenvalue weighted by Crippen LogP contribution is 2.07. The Bertz CT molecular complexity index is 552. The Morgan fingerprint density at radius 1 is 0.800 bits per heavy atom. The van der Waals surface area contributed by atoms with Gasteiger partial charge in [-0.1, -0.05) is 67.6 Å². The summed E-state index contributed by atoms with van der Waals surface area (Å²) < 4.78 is 0. The molecule has 2 aromatic rings. The van der Waals surface area contributed by atoms with Crippen molar-refractivity contribution in [2.75, 3.05) is 0 Å². The van der Waals surface area contributed by atoms with Crippen LogP contribution in [0.4, 0.5) is 0 Å². The molecule has 0 saturated carbocycles. The van der Waals surface area contributed by atoms with Gasteiger partial charge in [0, 0.05) is 12.0 Å². The van der Waals surface area contributed by atoms with E-state index in [-0.39, 0.29) is 0 Å². The van der Waals surface area contributed by atoms with Crippen LogP contribution >= 0.6 is 0 Å². The third-order valence-corrected chi connectivity index (χ3v) is 3.39. The highest BCUT2D eigenvalue weighted by Gasteiger charge is 1.92. The second kappa shape index (κ2) is 8.23. The van der Waals surface area contributed by atoms with Crippen LogP contribution in [0.1, 0.15) is 42.9 Å². The minimum Gasteiger partial charge on any atom is -0.0975 e. The normalized spacial score (nSPS) is 9.85. The Labute approximate surface area is 122 Å². The van der Waals surface area contributed by atoms with Crippen LogP contribution in [0, 0.1) is 11.8 Å². The molecule has 0 nitrogen and oxygen atoms in total. The number of rotatable bonds is 5. The van der Waals surface area contributed by atoms with Gasteiger partial charge < -0.3 is 0 Å². The fourth-order valence-electron chi connectivity index (χ4n) is 2.15. The first-order valence-electron chi connectivity index (χ1n) is 7.50. The molecule has 0 spiro atoms. The maximum Gasteiger partial charge on any atom is 0.0245 e. The largest absolute Gasteiger partial charge is 0.0975 e. The first kappa shape index (κ1) is 14.4. The van der Waals surface area contributed by atoms with Crippen LogP contribution in [0.3, 0.4) is 0 Å². The Morgan fingerprint density at radius 2 is 1.50 bits per heavy atom. The van der Waals surface area contributed by atoms with E-state index in [4.69, 9.17) is 0 Å². The summed E-state index contributed by atoms with van der Waals surface area (Å²) in [5.41, 5.74) is 3.90. The van der Waals surface area contributed by atoms with E-state index in [1.54, 1.807) is 0 Å². The SMILES string of the molecule is CCCCc1ccc(C#CCCc2ccccc2)cc1. The fraction of sp³-hybridized carbons (Fsp3) is 0.300. The molecule has 2 aromatic carbocycles. The summed E-state index contributed by atoms with van der Waals surface area (Å²) in [6.07, 6.45) is 5.64. The zero-order chi connectivity index (χ0) is 14.0. The number of benzene rings is 2. The second-order valence-corrected chi connectivity index (χ2v) is 5.09. The number of hydrogen-bond donors (Lipinski definition) is 0. The molecule has 102 valence electrons. The molecule has 0 atom stereocenters. The van der Waals surface area contributed by atoms with Crippen molar-refractivity contribution in [3.8, 4) is 11.8 Å². The Balaban J connectivity index is 1.83. The molecule has 0 fully saturated rings. The quantitative estimate of drug-likeness (QED) is 0.664. The monoisotopic (exact) mass is 262 g/mol. The van der Waals surface area contributed by atoms with Crippen molar-refractivity contribution in [3.63, 3.8) is 0 Å². The van der Waals surface area contributed by atoms with E-state index in [9.17, 15) is 0 Å². The van der Waals surface area contributed by atoms with Crippen LogP contribution in [0.25, 0.3) is 0 Å². The number of aryl methyl sites for hydroxylation is 2. The molecule has 0 unspecified atom stereocenters. The third kappa shape index (κ3) is 4.94. The van der Waals surface area contributed by atoms with Crippen molar-refractivity contribution < 1.29 is 0 Å². The van der Waals surface area contributed by atoms with Gasteiger partial charge in [-0.2, -0.15) is 0 Å². The highest BCUT2D eigenvalue weighted by molar-refractivity contribution is 5.36. The van der Waals surface area contributed by atoms with Crippen molar-refractivity contribution >= 4 is 0 Å². The maximum atomic E-state index is 3.26. The Kier molecular flexibility index (Phi) is 5.93. The molecule has 0 N–H and O–H groups in total. The van der Waals surface area contributed by atoms with E-state index in [1.165, 1.54) is 30.4 Å². The van der Waals surface area contributed by atoms with Crippen LogP contribution in [-0.4, -0.2) is 0 Å². The lowest BCUT2D eigenvalue weighted by Gasteiger charge is -1.99. The summed E-state index contributed by atoms with van der Waals surface area (Å²) in [6, 6.07) is 19.2. The van der Waals surface area contributed by atoms with Crippen molar-refractivity contribution in [1.82, 2.24) is 0 Å². The average molecular weight is 262 g/mol. The minimum atomic E-state index is 0.918. The molecule has 0 bridgehead atoms. The molecule has 0 aliphatic heterocycles. The van der Waals surface area contributed by atoms with Crippen molar-refractivity contribution in [1.29, 1.82) is 0 Å². The van der Waals surface area contributed by atoms with Crippen molar-refractivity contribution in [2.45, 2.75) is 39.0 Å². The van der Waals surface area contributed by atoms with E-state index >= 15 is 0 Å². The molecule has 0 aromatic heterocycles.